The van der Waals surface area contributed by atoms with Crippen LogP contribution in [0.3, 0.4) is 0 Å². The van der Waals surface area contributed by atoms with Crippen molar-refractivity contribution in [2.45, 2.75) is 64.5 Å². The van der Waals surface area contributed by atoms with Gasteiger partial charge in [0.25, 0.3) is 0 Å². The summed E-state index contributed by atoms with van der Waals surface area (Å²) in [6.45, 7) is 19.5. The summed E-state index contributed by atoms with van der Waals surface area (Å²) in [5.41, 5.74) is 10.2. The molecule has 0 fully saturated rings. The Hall–Kier alpha value is -3.13. The molecule has 0 saturated heterocycles. The maximum Gasteiger partial charge on any atom is 0.115 e. The number of nitrogens with zero attached hydrogens (tertiary/aromatic N) is 2. The van der Waals surface area contributed by atoms with Crippen molar-refractivity contribution in [2.24, 2.45) is 0 Å². The van der Waals surface area contributed by atoms with Gasteiger partial charge in [0.05, 0.1) is 16.1 Å². The molecule has 2 aromatic carbocycles. The Morgan fingerprint density at radius 2 is 0.854 bits per heavy atom. The number of aromatic nitrogens is 2. The maximum absolute atomic E-state index is 5.04. The molecule has 0 bridgehead atoms. The van der Waals surface area contributed by atoms with Gasteiger partial charge in [-0.3, -0.25) is 9.97 Å². The fourth-order valence-electron chi connectivity index (χ4n) is 6.24. The van der Waals surface area contributed by atoms with Gasteiger partial charge in [-0.1, -0.05) is 125 Å². The minimum absolute atomic E-state index is 1.10. The molecule has 4 aromatic rings. The predicted molar refractivity (Wildman–Crippen MR) is 187 cm³/mol. The van der Waals surface area contributed by atoms with E-state index in [4.69, 9.17) is 9.97 Å². The maximum atomic E-state index is 5.04. The van der Waals surface area contributed by atoms with E-state index in [1.165, 1.54) is 55.2 Å². The van der Waals surface area contributed by atoms with E-state index in [9.17, 15) is 0 Å². The second-order valence-electron chi connectivity index (χ2n) is 14.4. The van der Waals surface area contributed by atoms with Crippen LogP contribution in [-0.4, -0.2) is 34.2 Å². The van der Waals surface area contributed by atoms with Crippen molar-refractivity contribution in [1.82, 2.24) is 9.97 Å². The number of pyridine rings is 2. The lowest BCUT2D eigenvalue weighted by molar-refractivity contribution is 1.13. The van der Waals surface area contributed by atoms with Crippen molar-refractivity contribution in [2.75, 3.05) is 0 Å². The lowest BCUT2D eigenvalue weighted by Gasteiger charge is -2.26. The molecule has 2 aromatic heterocycles. The van der Waals surface area contributed by atoms with Crippen LogP contribution in [0, 0.1) is 0 Å². The standard InChI is InChI=1S/C36H44N2Si3/c1-39(2,3)25-31-21-19-29(23-37-31)35-33(27-15-11-9-12-16-27)34(28-17-13-10-14-18-28)36(41(35,7)8)30-20-22-32(38-24-30)26-40(4,5)6/h9-24H,25-26H2,1-8H3. The number of hydrogen-bond donors (Lipinski definition) is 0. The van der Waals surface area contributed by atoms with Crippen LogP contribution >= 0.6 is 0 Å². The molecule has 1 aliphatic rings. The third-order valence-corrected chi connectivity index (χ3v) is 14.2. The molecule has 5 rings (SSSR count). The van der Waals surface area contributed by atoms with Gasteiger partial charge in [-0.05, 0) is 68.0 Å². The SMILES string of the molecule is C[Si](C)(C)Cc1ccc(C2=C(c3ccccc3)C(c3ccccc3)=C(c3ccc(C[Si](C)(C)C)nc3)[Si]2(C)C)cn1. The molecule has 1 aliphatic heterocycles. The second-order valence-corrected chi connectivity index (χ2v) is 29.6. The highest BCUT2D eigenvalue weighted by Gasteiger charge is 2.44. The van der Waals surface area contributed by atoms with Crippen LogP contribution in [0.15, 0.2) is 97.3 Å². The van der Waals surface area contributed by atoms with Crippen molar-refractivity contribution in [3.63, 3.8) is 0 Å². The third kappa shape index (κ3) is 6.53. The van der Waals surface area contributed by atoms with E-state index in [0.717, 1.165) is 12.1 Å². The highest BCUT2D eigenvalue weighted by Crippen LogP contribution is 2.55. The molecule has 0 spiro atoms. The number of benzene rings is 2. The molecule has 0 amide bonds. The quantitative estimate of drug-likeness (QED) is 0.192. The Morgan fingerprint density at radius 1 is 0.488 bits per heavy atom. The highest BCUT2D eigenvalue weighted by atomic mass is 28.3. The van der Waals surface area contributed by atoms with Crippen molar-refractivity contribution in [3.05, 3.63) is 131 Å². The molecule has 3 heterocycles. The Morgan fingerprint density at radius 3 is 1.15 bits per heavy atom. The minimum Gasteiger partial charge on any atom is -0.261 e. The van der Waals surface area contributed by atoms with Crippen LogP contribution in [0.4, 0.5) is 0 Å². The molecular formula is C36H44N2Si3. The first kappa shape index (κ1) is 29.4. The molecule has 0 aliphatic carbocycles. The number of rotatable bonds is 8. The summed E-state index contributed by atoms with van der Waals surface area (Å²) >= 11 is 0. The Labute approximate surface area is 250 Å². The van der Waals surface area contributed by atoms with E-state index in [1.54, 1.807) is 0 Å². The topological polar surface area (TPSA) is 25.8 Å². The summed E-state index contributed by atoms with van der Waals surface area (Å²) in [5, 5.41) is 2.94. The van der Waals surface area contributed by atoms with Crippen LogP contribution in [0.5, 0.6) is 0 Å². The Balaban J connectivity index is 1.75. The largest absolute Gasteiger partial charge is 0.261 e. The van der Waals surface area contributed by atoms with E-state index in [1.807, 2.05) is 0 Å². The molecule has 2 nitrogen and oxygen atoms in total. The van der Waals surface area contributed by atoms with Gasteiger partial charge in [-0.15, -0.1) is 0 Å². The van der Waals surface area contributed by atoms with E-state index in [2.05, 4.69) is 150 Å². The average Bonchev–Trinajstić information content (AvgIpc) is 3.16. The van der Waals surface area contributed by atoms with E-state index < -0.39 is 24.2 Å². The highest BCUT2D eigenvalue weighted by molar-refractivity contribution is 7.13. The third-order valence-electron chi connectivity index (χ3n) is 7.77. The smallest absolute Gasteiger partial charge is 0.115 e. The fourth-order valence-corrected chi connectivity index (χ4v) is 12.6. The first-order chi connectivity index (χ1) is 19.3. The zero-order valence-corrected chi connectivity index (χ0v) is 29.0. The predicted octanol–water partition coefficient (Wildman–Crippen LogP) is 9.64. The zero-order chi connectivity index (χ0) is 29.4. The van der Waals surface area contributed by atoms with Crippen molar-refractivity contribution < 1.29 is 0 Å². The van der Waals surface area contributed by atoms with Gasteiger partial charge in [0.1, 0.15) is 8.07 Å². The molecule has 41 heavy (non-hydrogen) atoms. The van der Waals surface area contributed by atoms with E-state index in [0.29, 0.717) is 0 Å². The lowest BCUT2D eigenvalue weighted by Crippen LogP contribution is -2.29. The van der Waals surface area contributed by atoms with Gasteiger partial charge in [-0.25, -0.2) is 0 Å². The van der Waals surface area contributed by atoms with Crippen LogP contribution in [0.25, 0.3) is 21.5 Å². The van der Waals surface area contributed by atoms with Gasteiger partial charge in [0, 0.05) is 23.8 Å². The monoisotopic (exact) mass is 588 g/mol. The average molecular weight is 589 g/mol. The van der Waals surface area contributed by atoms with Crippen LogP contribution in [0.2, 0.25) is 52.4 Å². The van der Waals surface area contributed by atoms with Gasteiger partial charge < -0.3 is 0 Å². The summed E-state index contributed by atoms with van der Waals surface area (Å²) in [7, 11) is -4.70. The summed E-state index contributed by atoms with van der Waals surface area (Å²) in [6, 6.07) is 33.4. The number of allylic oxidation sites excluding steroid dienone is 2. The van der Waals surface area contributed by atoms with Crippen molar-refractivity contribution in [3.8, 4) is 0 Å². The van der Waals surface area contributed by atoms with Crippen molar-refractivity contribution >= 4 is 45.8 Å². The van der Waals surface area contributed by atoms with Gasteiger partial charge >= 0.3 is 0 Å². The Bertz CT molecular complexity index is 1450. The van der Waals surface area contributed by atoms with E-state index in [-0.39, 0.29) is 0 Å². The van der Waals surface area contributed by atoms with Crippen LogP contribution < -0.4 is 0 Å². The molecule has 0 radical (unpaired) electrons. The van der Waals surface area contributed by atoms with Gasteiger partial charge in [0.15, 0.2) is 0 Å². The number of hydrogen-bond acceptors (Lipinski definition) is 2. The molecular weight excluding hydrogens is 545 g/mol. The molecule has 5 heteroatoms. The summed E-state index contributed by atoms with van der Waals surface area (Å²) in [5.74, 6) is 0. The molecule has 0 N–H and O–H groups in total. The Kier molecular flexibility index (Phi) is 8.07. The summed E-state index contributed by atoms with van der Waals surface area (Å²) in [6.07, 6.45) is 4.31. The molecule has 0 unspecified atom stereocenters. The molecule has 0 saturated carbocycles. The van der Waals surface area contributed by atoms with Gasteiger partial charge in [0.2, 0.25) is 0 Å². The van der Waals surface area contributed by atoms with Crippen molar-refractivity contribution in [1.29, 1.82) is 0 Å². The zero-order valence-electron chi connectivity index (χ0n) is 26.0. The fraction of sp³-hybridized carbons (Fsp3) is 0.278. The normalized spacial score (nSPS) is 15.5. The first-order valence-electron chi connectivity index (χ1n) is 14.8. The summed E-state index contributed by atoms with van der Waals surface area (Å²) < 4.78 is 0. The first-order valence-corrected chi connectivity index (χ1v) is 25.3. The minimum atomic E-state index is -2.20. The van der Waals surface area contributed by atoms with Crippen LogP contribution in [0.1, 0.15) is 33.6 Å². The lowest BCUT2D eigenvalue weighted by atomic mass is 9.89. The second kappa shape index (κ2) is 11.3. The van der Waals surface area contributed by atoms with Crippen LogP contribution in [-0.2, 0) is 12.1 Å². The molecule has 210 valence electrons. The molecule has 0 atom stereocenters. The van der Waals surface area contributed by atoms with Gasteiger partial charge in [-0.2, -0.15) is 0 Å². The summed E-state index contributed by atoms with van der Waals surface area (Å²) in [4.78, 5) is 10.1. The van der Waals surface area contributed by atoms with E-state index >= 15 is 0 Å².